The molecule has 3 aliphatic rings. The number of rotatable bonds is 7. The van der Waals surface area contributed by atoms with Crippen molar-refractivity contribution in [1.29, 1.82) is 0 Å². The maximum Gasteiger partial charge on any atom is 0.324 e. The van der Waals surface area contributed by atoms with Gasteiger partial charge >= 0.3 is 6.03 Å². The van der Waals surface area contributed by atoms with Crippen LogP contribution in [0.15, 0.2) is 30.3 Å². The molecule has 4 amide bonds. The molecule has 0 unspecified atom stereocenters. The van der Waals surface area contributed by atoms with Crippen LogP contribution in [-0.4, -0.2) is 77.9 Å². The van der Waals surface area contributed by atoms with E-state index >= 15 is 0 Å². The van der Waals surface area contributed by atoms with E-state index in [0.29, 0.717) is 24.9 Å². The van der Waals surface area contributed by atoms with Gasteiger partial charge in [-0.15, -0.1) is 0 Å². The van der Waals surface area contributed by atoms with E-state index in [-0.39, 0.29) is 18.2 Å². The molecule has 3 saturated heterocycles. The maximum atomic E-state index is 12.9. The van der Waals surface area contributed by atoms with Gasteiger partial charge in [0.1, 0.15) is 6.04 Å². The molecule has 0 bridgehead atoms. The number of amides is 4. The van der Waals surface area contributed by atoms with Gasteiger partial charge in [0.2, 0.25) is 5.91 Å². The van der Waals surface area contributed by atoms with Gasteiger partial charge in [-0.05, 0) is 56.7 Å². The van der Waals surface area contributed by atoms with Crippen LogP contribution >= 0.6 is 0 Å². The Bertz CT molecular complexity index is 797. The molecule has 3 heterocycles. The molecule has 3 aliphatic heterocycles. The van der Waals surface area contributed by atoms with Crippen molar-refractivity contribution in [1.82, 2.24) is 20.0 Å². The molecule has 168 valence electrons. The summed E-state index contributed by atoms with van der Waals surface area (Å²) in [6, 6.07) is 9.21. The lowest BCUT2D eigenvalue weighted by Crippen LogP contribution is -2.51. The van der Waals surface area contributed by atoms with E-state index in [1.807, 2.05) is 37.4 Å². The quantitative estimate of drug-likeness (QED) is 0.679. The second-order valence-corrected chi connectivity index (χ2v) is 9.21. The highest BCUT2D eigenvalue weighted by Gasteiger charge is 2.40. The van der Waals surface area contributed by atoms with Crippen LogP contribution in [0.1, 0.15) is 44.1 Å². The van der Waals surface area contributed by atoms with Crippen LogP contribution in [0.5, 0.6) is 0 Å². The van der Waals surface area contributed by atoms with Crippen molar-refractivity contribution in [2.75, 3.05) is 33.2 Å². The van der Waals surface area contributed by atoms with Crippen LogP contribution in [0.4, 0.5) is 4.79 Å². The maximum absolute atomic E-state index is 12.9. The van der Waals surface area contributed by atoms with Crippen molar-refractivity contribution in [2.45, 2.75) is 57.0 Å². The van der Waals surface area contributed by atoms with Gasteiger partial charge in [0, 0.05) is 26.2 Å². The van der Waals surface area contributed by atoms with Crippen LogP contribution in [-0.2, 0) is 16.0 Å². The number of benzene rings is 1. The molecular weight excluding hydrogens is 392 g/mol. The Balaban J connectivity index is 1.28. The second kappa shape index (κ2) is 9.81. The van der Waals surface area contributed by atoms with Gasteiger partial charge in [-0.1, -0.05) is 36.8 Å². The zero-order valence-corrected chi connectivity index (χ0v) is 18.5. The highest BCUT2D eigenvalue weighted by Crippen LogP contribution is 2.31. The molecule has 0 aromatic heterocycles. The third-order valence-electron chi connectivity index (χ3n) is 7.12. The fraction of sp³-hybridized carbons (Fsp3) is 0.625. The molecule has 0 saturated carbocycles. The molecule has 1 aromatic carbocycles. The Hall–Kier alpha value is -2.41. The molecule has 1 aromatic rings. The zero-order chi connectivity index (χ0) is 21.8. The van der Waals surface area contributed by atoms with E-state index in [1.165, 1.54) is 43.7 Å². The van der Waals surface area contributed by atoms with Crippen LogP contribution in [0, 0.1) is 5.92 Å². The number of nitrogens with one attached hydrogen (secondary N) is 1. The molecule has 0 spiro atoms. The summed E-state index contributed by atoms with van der Waals surface area (Å²) < 4.78 is 0. The summed E-state index contributed by atoms with van der Waals surface area (Å²) in [5, 5.41) is 2.71. The Morgan fingerprint density at radius 1 is 1.10 bits per heavy atom. The molecule has 4 rings (SSSR count). The van der Waals surface area contributed by atoms with Crippen molar-refractivity contribution >= 4 is 17.8 Å². The zero-order valence-electron chi connectivity index (χ0n) is 18.5. The van der Waals surface area contributed by atoms with Gasteiger partial charge in [0.25, 0.3) is 5.91 Å². The second-order valence-electron chi connectivity index (χ2n) is 9.21. The number of imide groups is 1. The topological polar surface area (TPSA) is 73.0 Å². The minimum atomic E-state index is -0.754. The average molecular weight is 427 g/mol. The fourth-order valence-corrected chi connectivity index (χ4v) is 5.39. The Morgan fingerprint density at radius 3 is 2.68 bits per heavy atom. The van der Waals surface area contributed by atoms with Gasteiger partial charge in [0.15, 0.2) is 0 Å². The number of fused-ring (bicyclic) bond motifs is 1. The Morgan fingerprint density at radius 2 is 1.87 bits per heavy atom. The average Bonchev–Trinajstić information content (AvgIpc) is 3.05. The van der Waals surface area contributed by atoms with Crippen LogP contribution in [0.2, 0.25) is 0 Å². The van der Waals surface area contributed by atoms with Crippen LogP contribution in [0.25, 0.3) is 0 Å². The monoisotopic (exact) mass is 426 g/mol. The van der Waals surface area contributed by atoms with E-state index in [4.69, 9.17) is 0 Å². The van der Waals surface area contributed by atoms with E-state index in [0.717, 1.165) is 18.5 Å². The largest absolute Gasteiger partial charge is 0.345 e. The lowest BCUT2D eigenvalue weighted by Gasteiger charge is -2.45. The summed E-state index contributed by atoms with van der Waals surface area (Å²) >= 11 is 0. The van der Waals surface area contributed by atoms with Gasteiger partial charge in [-0.2, -0.15) is 0 Å². The first kappa shape index (κ1) is 21.8. The first-order chi connectivity index (χ1) is 15.0. The summed E-state index contributed by atoms with van der Waals surface area (Å²) in [6.45, 7) is 3.42. The number of carbonyl (C=O) groups excluding carboxylic acids is 3. The molecule has 31 heavy (non-hydrogen) atoms. The van der Waals surface area contributed by atoms with E-state index in [9.17, 15) is 14.4 Å². The molecule has 3 fully saturated rings. The lowest BCUT2D eigenvalue weighted by molar-refractivity contribution is -0.135. The summed E-state index contributed by atoms with van der Waals surface area (Å²) in [5.41, 5.74) is 1.08. The molecule has 7 heteroatoms. The molecule has 0 aliphatic carbocycles. The first-order valence-electron chi connectivity index (χ1n) is 11.7. The SMILES string of the molecule is CN(C[C@@H]1CCCN2CCCC[C@@H]12)C(=O)C[C@H]1NC(=O)N(CCc2ccccc2)C1=O. The van der Waals surface area contributed by atoms with Crippen LogP contribution in [0.3, 0.4) is 0 Å². The van der Waals surface area contributed by atoms with Crippen molar-refractivity contribution < 1.29 is 14.4 Å². The number of piperidine rings is 2. The van der Waals surface area contributed by atoms with Crippen molar-refractivity contribution in [3.63, 3.8) is 0 Å². The number of carbonyl (C=O) groups is 3. The Kier molecular flexibility index (Phi) is 6.90. The standard InChI is InChI=1S/C24H34N4O3/c1-26(17-19-10-7-14-27-13-6-5-11-21(19)27)22(29)16-20-23(30)28(24(31)25-20)15-12-18-8-3-2-4-9-18/h2-4,8-9,19-21H,5-7,10-17H2,1H3,(H,25,31)/t19-,20+,21-/m0/s1. The predicted molar refractivity (Wildman–Crippen MR) is 118 cm³/mol. The molecular formula is C24H34N4O3. The normalized spacial score (nSPS) is 26.5. The first-order valence-corrected chi connectivity index (χ1v) is 11.7. The van der Waals surface area contributed by atoms with E-state index < -0.39 is 12.1 Å². The molecule has 0 radical (unpaired) electrons. The molecule has 7 nitrogen and oxygen atoms in total. The third kappa shape index (κ3) is 5.09. The summed E-state index contributed by atoms with van der Waals surface area (Å²) in [6.07, 6.45) is 6.77. The minimum Gasteiger partial charge on any atom is -0.345 e. The fourth-order valence-electron chi connectivity index (χ4n) is 5.39. The number of hydrogen-bond donors (Lipinski definition) is 1. The van der Waals surface area contributed by atoms with Crippen molar-refractivity contribution in [2.24, 2.45) is 5.92 Å². The van der Waals surface area contributed by atoms with Gasteiger partial charge in [-0.25, -0.2) is 4.79 Å². The lowest BCUT2D eigenvalue weighted by atomic mass is 9.83. The van der Waals surface area contributed by atoms with E-state index in [2.05, 4.69) is 10.2 Å². The highest BCUT2D eigenvalue weighted by atomic mass is 16.2. The van der Waals surface area contributed by atoms with Gasteiger partial charge in [0.05, 0.1) is 6.42 Å². The highest BCUT2D eigenvalue weighted by molar-refractivity contribution is 6.05. The third-order valence-corrected chi connectivity index (χ3v) is 7.12. The van der Waals surface area contributed by atoms with Gasteiger partial charge < -0.3 is 15.1 Å². The number of hydrogen-bond acceptors (Lipinski definition) is 4. The van der Waals surface area contributed by atoms with Crippen molar-refractivity contribution in [3.05, 3.63) is 35.9 Å². The summed E-state index contributed by atoms with van der Waals surface area (Å²) in [5.74, 6) is 0.134. The van der Waals surface area contributed by atoms with Crippen LogP contribution < -0.4 is 5.32 Å². The number of urea groups is 1. The predicted octanol–water partition coefficient (Wildman–Crippen LogP) is 2.26. The number of nitrogens with zero attached hydrogens (tertiary/aromatic N) is 3. The summed E-state index contributed by atoms with van der Waals surface area (Å²) in [4.78, 5) is 43.5. The summed E-state index contributed by atoms with van der Waals surface area (Å²) in [7, 11) is 1.83. The van der Waals surface area contributed by atoms with Gasteiger partial charge in [-0.3, -0.25) is 14.5 Å². The molecule has 3 atom stereocenters. The van der Waals surface area contributed by atoms with Crippen molar-refractivity contribution in [3.8, 4) is 0 Å². The van der Waals surface area contributed by atoms with E-state index in [1.54, 1.807) is 4.90 Å². The minimum absolute atomic E-state index is 0.0318. The Labute approximate surface area is 184 Å². The molecule has 1 N–H and O–H groups in total. The smallest absolute Gasteiger partial charge is 0.324 e.